The zero-order valence-corrected chi connectivity index (χ0v) is 21.1. The largest absolute Gasteiger partial charge is 0.497 e. The molecule has 1 atom stereocenters. The van der Waals surface area contributed by atoms with Crippen molar-refractivity contribution in [3.8, 4) is 5.75 Å². The number of carbonyl (C=O) groups excluding carboxylic acids is 2. The Labute approximate surface area is 199 Å². The molecule has 0 aliphatic carbocycles. The van der Waals surface area contributed by atoms with Gasteiger partial charge in [0.25, 0.3) is 5.91 Å². The Hall–Kier alpha value is -2.34. The van der Waals surface area contributed by atoms with Crippen LogP contribution in [0.4, 0.5) is 4.79 Å². The summed E-state index contributed by atoms with van der Waals surface area (Å²) in [7, 11) is 1.62. The van der Waals surface area contributed by atoms with E-state index in [9.17, 15) is 9.59 Å². The Bertz CT molecular complexity index is 858. The van der Waals surface area contributed by atoms with Gasteiger partial charge >= 0.3 is 6.03 Å². The summed E-state index contributed by atoms with van der Waals surface area (Å²) in [6.07, 6.45) is 4.39. The van der Waals surface area contributed by atoms with Crippen LogP contribution in [-0.4, -0.2) is 65.0 Å². The first-order valence-corrected chi connectivity index (χ1v) is 12.3. The molecule has 1 aromatic carbocycles. The third kappa shape index (κ3) is 5.60. The van der Waals surface area contributed by atoms with Crippen LogP contribution >= 0.6 is 0 Å². The molecule has 3 rings (SSSR count). The highest BCUT2D eigenvalue weighted by Crippen LogP contribution is 2.39. The molecule has 0 bridgehead atoms. The van der Waals surface area contributed by atoms with Gasteiger partial charge in [0.15, 0.2) is 0 Å². The highest BCUT2D eigenvalue weighted by atomic mass is 16.5. The first kappa shape index (κ1) is 25.3. The minimum Gasteiger partial charge on any atom is -0.497 e. The molecule has 0 saturated carbocycles. The van der Waals surface area contributed by atoms with E-state index in [1.165, 1.54) is 10.5 Å². The number of imide groups is 1. The first-order chi connectivity index (χ1) is 15.7. The maximum atomic E-state index is 13.8. The molecule has 0 aromatic heterocycles. The first-order valence-electron chi connectivity index (χ1n) is 12.3. The summed E-state index contributed by atoms with van der Waals surface area (Å²) in [5.41, 5.74) is 1.40. The van der Waals surface area contributed by atoms with Crippen molar-refractivity contribution in [2.24, 2.45) is 5.92 Å². The predicted molar refractivity (Wildman–Crippen MR) is 132 cm³/mol. The molecular weight excluding hydrogens is 414 g/mol. The van der Waals surface area contributed by atoms with E-state index in [2.05, 4.69) is 39.2 Å². The lowest BCUT2D eigenvalue weighted by Crippen LogP contribution is -2.58. The number of rotatable bonds is 10. The summed E-state index contributed by atoms with van der Waals surface area (Å²) in [5.74, 6) is 1.17. The lowest BCUT2D eigenvalue weighted by atomic mass is 9.84. The summed E-state index contributed by atoms with van der Waals surface area (Å²) in [5, 5.41) is 0. The third-order valence-corrected chi connectivity index (χ3v) is 7.26. The van der Waals surface area contributed by atoms with E-state index in [0.29, 0.717) is 31.3 Å². The van der Waals surface area contributed by atoms with Gasteiger partial charge in [-0.05, 0) is 69.6 Å². The number of amides is 3. The molecule has 0 radical (unpaired) electrons. The highest BCUT2D eigenvalue weighted by molar-refractivity contribution is 6.07. The molecule has 2 heterocycles. The molecule has 182 valence electrons. The van der Waals surface area contributed by atoms with Gasteiger partial charge in [-0.3, -0.25) is 9.69 Å². The van der Waals surface area contributed by atoms with Crippen LogP contribution in [-0.2, 0) is 11.3 Å². The molecule has 2 aliphatic rings. The van der Waals surface area contributed by atoms with Crippen molar-refractivity contribution in [3.05, 3.63) is 42.0 Å². The molecule has 2 aliphatic heterocycles. The molecule has 1 spiro atoms. The fourth-order valence-electron chi connectivity index (χ4n) is 5.03. The van der Waals surface area contributed by atoms with Crippen LogP contribution in [0.3, 0.4) is 0 Å². The topological polar surface area (TPSA) is 53.1 Å². The van der Waals surface area contributed by atoms with Gasteiger partial charge in [-0.2, -0.15) is 0 Å². The Morgan fingerprint density at radius 1 is 1.15 bits per heavy atom. The number of urea groups is 1. The second kappa shape index (κ2) is 10.7. The number of benzene rings is 1. The normalized spacial score (nSPS) is 19.6. The van der Waals surface area contributed by atoms with Gasteiger partial charge in [0.05, 0.1) is 13.7 Å². The average molecular weight is 456 g/mol. The van der Waals surface area contributed by atoms with Gasteiger partial charge in [0, 0.05) is 25.7 Å². The van der Waals surface area contributed by atoms with Crippen molar-refractivity contribution in [2.75, 3.05) is 26.7 Å². The van der Waals surface area contributed by atoms with Gasteiger partial charge in [0.1, 0.15) is 11.3 Å². The number of ether oxygens (including phenoxy) is 1. The smallest absolute Gasteiger partial charge is 0.327 e. The van der Waals surface area contributed by atoms with Crippen LogP contribution in [0.1, 0.15) is 65.4 Å². The second-order valence-corrected chi connectivity index (χ2v) is 10.3. The molecule has 2 fully saturated rings. The van der Waals surface area contributed by atoms with Gasteiger partial charge in [-0.1, -0.05) is 31.6 Å². The van der Waals surface area contributed by atoms with Crippen LogP contribution in [0.15, 0.2) is 36.4 Å². The molecule has 2 saturated heterocycles. The predicted octanol–water partition coefficient (Wildman–Crippen LogP) is 5.08. The molecule has 3 amide bonds. The SMILES string of the molecule is C=C(C)CCC(C)N1CCC2(CC1)C(=O)N(Cc1cccc(OC)c1)C(=O)N2CCC(C)C. The Morgan fingerprint density at radius 3 is 2.45 bits per heavy atom. The van der Waals surface area contributed by atoms with E-state index in [0.717, 1.165) is 43.7 Å². The van der Waals surface area contributed by atoms with Crippen molar-refractivity contribution in [1.29, 1.82) is 0 Å². The molecular formula is C27H41N3O3. The number of likely N-dealkylation sites (tertiary alicyclic amines) is 1. The molecule has 1 unspecified atom stereocenters. The van der Waals surface area contributed by atoms with Gasteiger partial charge < -0.3 is 14.5 Å². The van der Waals surface area contributed by atoms with Crippen molar-refractivity contribution in [2.45, 2.75) is 77.9 Å². The van der Waals surface area contributed by atoms with Crippen molar-refractivity contribution in [3.63, 3.8) is 0 Å². The zero-order valence-electron chi connectivity index (χ0n) is 21.1. The standard InChI is InChI=1S/C27H41N3O3/c1-20(2)10-11-22(5)28-16-13-27(14-17-28)25(31)29(26(32)30(27)15-12-21(3)4)19-23-8-7-9-24(18-23)33-6/h7-9,18,21-22H,1,10-17,19H2,2-6H3. The maximum absolute atomic E-state index is 13.8. The van der Waals surface area contributed by atoms with Crippen LogP contribution in [0.25, 0.3) is 0 Å². The molecule has 6 nitrogen and oxygen atoms in total. The number of allylic oxidation sites excluding steroid dienone is 1. The number of methoxy groups -OCH3 is 1. The average Bonchev–Trinajstić information content (AvgIpc) is 2.97. The summed E-state index contributed by atoms with van der Waals surface area (Å²) in [6.45, 7) is 15.3. The fourth-order valence-corrected chi connectivity index (χ4v) is 5.03. The number of nitrogens with zero attached hydrogens (tertiary/aromatic N) is 3. The van der Waals surface area contributed by atoms with E-state index in [1.54, 1.807) is 7.11 Å². The fraction of sp³-hybridized carbons (Fsp3) is 0.630. The lowest BCUT2D eigenvalue weighted by molar-refractivity contribution is -0.136. The monoisotopic (exact) mass is 455 g/mol. The van der Waals surface area contributed by atoms with Crippen molar-refractivity contribution < 1.29 is 14.3 Å². The summed E-state index contributed by atoms with van der Waals surface area (Å²) >= 11 is 0. The highest BCUT2D eigenvalue weighted by Gasteiger charge is 2.57. The Morgan fingerprint density at radius 2 is 1.85 bits per heavy atom. The Kier molecular flexibility index (Phi) is 8.22. The minimum atomic E-state index is -0.713. The minimum absolute atomic E-state index is 0.0340. The van der Waals surface area contributed by atoms with Crippen molar-refractivity contribution in [1.82, 2.24) is 14.7 Å². The lowest BCUT2D eigenvalue weighted by Gasteiger charge is -2.44. The number of carbonyl (C=O) groups is 2. The molecule has 1 aromatic rings. The van der Waals surface area contributed by atoms with Crippen molar-refractivity contribution >= 4 is 11.9 Å². The summed E-state index contributed by atoms with van der Waals surface area (Å²) < 4.78 is 5.33. The molecule has 6 heteroatoms. The van der Waals surface area contributed by atoms with Gasteiger partial charge in [-0.15, -0.1) is 6.58 Å². The summed E-state index contributed by atoms with van der Waals surface area (Å²) in [4.78, 5) is 33.2. The van der Waals surface area contributed by atoms with E-state index in [4.69, 9.17) is 4.74 Å². The van der Waals surface area contributed by atoms with Crippen LogP contribution < -0.4 is 4.74 Å². The van der Waals surface area contributed by atoms with Crippen LogP contribution in [0.5, 0.6) is 5.75 Å². The molecule has 33 heavy (non-hydrogen) atoms. The van der Waals surface area contributed by atoms with Crippen LogP contribution in [0, 0.1) is 5.92 Å². The van der Waals surface area contributed by atoms with E-state index in [-0.39, 0.29) is 18.5 Å². The summed E-state index contributed by atoms with van der Waals surface area (Å²) in [6, 6.07) is 7.92. The Balaban J connectivity index is 1.78. The van der Waals surface area contributed by atoms with Crippen LogP contribution in [0.2, 0.25) is 0 Å². The maximum Gasteiger partial charge on any atom is 0.327 e. The zero-order chi connectivity index (χ0) is 24.2. The number of hydrogen-bond donors (Lipinski definition) is 0. The van der Waals surface area contributed by atoms with Gasteiger partial charge in [-0.25, -0.2) is 4.79 Å². The number of piperidine rings is 1. The molecule has 0 N–H and O–H groups in total. The number of hydrogen-bond acceptors (Lipinski definition) is 4. The third-order valence-electron chi connectivity index (χ3n) is 7.26. The van der Waals surface area contributed by atoms with Gasteiger partial charge in [0.2, 0.25) is 0 Å². The van der Waals surface area contributed by atoms with E-state index >= 15 is 0 Å². The second-order valence-electron chi connectivity index (χ2n) is 10.3. The van der Waals surface area contributed by atoms with E-state index in [1.807, 2.05) is 29.2 Å². The quantitative estimate of drug-likeness (QED) is 0.364. The van der Waals surface area contributed by atoms with E-state index < -0.39 is 5.54 Å².